The molecule has 0 saturated carbocycles. The molecule has 0 aliphatic carbocycles. The number of Topliss-reactive ketones (excluding diaryl/α,β-unsaturated/α-hetero) is 1. The van der Waals surface area contributed by atoms with Crippen LogP contribution in [0.4, 0.5) is 4.39 Å². The standard InChI is InChI=1S/C13H13FN2O/c1-3-12-15-7-8-16(12)13-10(9(2)17)5-4-6-11(13)14/h4-8H,3H2,1-2H3. The van der Waals surface area contributed by atoms with Crippen molar-refractivity contribution >= 4 is 5.78 Å². The Morgan fingerprint density at radius 3 is 2.88 bits per heavy atom. The second-order valence-corrected chi connectivity index (χ2v) is 3.76. The predicted molar refractivity (Wildman–Crippen MR) is 62.9 cm³/mol. The van der Waals surface area contributed by atoms with Crippen molar-refractivity contribution in [3.8, 4) is 5.69 Å². The lowest BCUT2D eigenvalue weighted by Gasteiger charge is -2.11. The Balaban J connectivity index is 2.70. The fourth-order valence-electron chi connectivity index (χ4n) is 1.84. The minimum absolute atomic E-state index is 0.157. The van der Waals surface area contributed by atoms with Crippen LogP contribution in [-0.2, 0) is 6.42 Å². The Bertz CT molecular complexity index is 560. The van der Waals surface area contributed by atoms with Crippen LogP contribution >= 0.6 is 0 Å². The summed E-state index contributed by atoms with van der Waals surface area (Å²) in [6.07, 6.45) is 3.96. The molecule has 3 nitrogen and oxygen atoms in total. The van der Waals surface area contributed by atoms with Gasteiger partial charge in [-0.2, -0.15) is 0 Å². The molecule has 0 radical (unpaired) electrons. The molecule has 0 aliphatic rings. The first kappa shape index (κ1) is 11.5. The van der Waals surface area contributed by atoms with Crippen LogP contribution in [-0.4, -0.2) is 15.3 Å². The van der Waals surface area contributed by atoms with Crippen LogP contribution < -0.4 is 0 Å². The molecule has 0 bridgehead atoms. The van der Waals surface area contributed by atoms with Crippen molar-refractivity contribution in [3.63, 3.8) is 0 Å². The van der Waals surface area contributed by atoms with Crippen molar-refractivity contribution in [1.82, 2.24) is 9.55 Å². The zero-order chi connectivity index (χ0) is 12.4. The zero-order valence-electron chi connectivity index (χ0n) is 9.77. The molecule has 0 N–H and O–H groups in total. The second-order valence-electron chi connectivity index (χ2n) is 3.76. The normalized spacial score (nSPS) is 10.5. The van der Waals surface area contributed by atoms with Gasteiger partial charge in [0, 0.05) is 24.4 Å². The second kappa shape index (κ2) is 4.49. The minimum atomic E-state index is -0.412. The Kier molecular flexibility index (Phi) is 3.04. The molecule has 17 heavy (non-hydrogen) atoms. The smallest absolute Gasteiger partial charge is 0.162 e. The number of para-hydroxylation sites is 1. The van der Waals surface area contributed by atoms with E-state index in [1.54, 1.807) is 23.0 Å². The van der Waals surface area contributed by atoms with Gasteiger partial charge in [-0.3, -0.25) is 4.79 Å². The van der Waals surface area contributed by atoms with Crippen LogP contribution in [0.25, 0.3) is 5.69 Å². The SMILES string of the molecule is CCc1nccn1-c1c(F)cccc1C(C)=O. The van der Waals surface area contributed by atoms with Crippen LogP contribution in [0, 0.1) is 5.82 Å². The Morgan fingerprint density at radius 2 is 2.24 bits per heavy atom. The van der Waals surface area contributed by atoms with Gasteiger partial charge in [0.1, 0.15) is 11.6 Å². The van der Waals surface area contributed by atoms with E-state index in [1.807, 2.05) is 6.92 Å². The molecule has 2 aromatic rings. The number of carbonyl (C=O) groups is 1. The number of ketones is 1. The molecule has 0 atom stereocenters. The van der Waals surface area contributed by atoms with Crippen molar-refractivity contribution in [2.24, 2.45) is 0 Å². The average molecular weight is 232 g/mol. The van der Waals surface area contributed by atoms with Gasteiger partial charge in [-0.1, -0.05) is 13.0 Å². The first-order valence-corrected chi connectivity index (χ1v) is 5.47. The summed E-state index contributed by atoms with van der Waals surface area (Å²) in [6.45, 7) is 3.37. The number of benzene rings is 1. The third kappa shape index (κ3) is 1.98. The van der Waals surface area contributed by atoms with E-state index in [4.69, 9.17) is 0 Å². The molecule has 1 aromatic heterocycles. The van der Waals surface area contributed by atoms with Crippen LogP contribution in [0.15, 0.2) is 30.6 Å². The van der Waals surface area contributed by atoms with Crippen molar-refractivity contribution in [2.75, 3.05) is 0 Å². The van der Waals surface area contributed by atoms with Gasteiger partial charge in [-0.25, -0.2) is 9.37 Å². The number of imidazole rings is 1. The molecule has 0 fully saturated rings. The van der Waals surface area contributed by atoms with Crippen LogP contribution in [0.5, 0.6) is 0 Å². The summed E-state index contributed by atoms with van der Waals surface area (Å²) in [4.78, 5) is 15.7. The van der Waals surface area contributed by atoms with Crippen molar-refractivity contribution in [3.05, 3.63) is 47.8 Å². The number of halogens is 1. The monoisotopic (exact) mass is 232 g/mol. The van der Waals surface area contributed by atoms with Crippen LogP contribution in [0.3, 0.4) is 0 Å². The zero-order valence-corrected chi connectivity index (χ0v) is 9.77. The number of hydrogen-bond donors (Lipinski definition) is 0. The summed E-state index contributed by atoms with van der Waals surface area (Å²) in [6, 6.07) is 4.51. The van der Waals surface area contributed by atoms with E-state index in [0.29, 0.717) is 12.0 Å². The van der Waals surface area contributed by atoms with Gasteiger partial charge in [0.25, 0.3) is 0 Å². The molecule has 1 heterocycles. The van der Waals surface area contributed by atoms with Gasteiger partial charge in [0.15, 0.2) is 5.78 Å². The van der Waals surface area contributed by atoms with E-state index in [-0.39, 0.29) is 11.5 Å². The number of nitrogens with zero attached hydrogens (tertiary/aromatic N) is 2. The van der Waals surface area contributed by atoms with Crippen molar-refractivity contribution in [2.45, 2.75) is 20.3 Å². The van der Waals surface area contributed by atoms with E-state index in [1.165, 1.54) is 19.1 Å². The molecular formula is C13H13FN2O. The molecule has 0 saturated heterocycles. The summed E-state index contributed by atoms with van der Waals surface area (Å²) < 4.78 is 15.5. The van der Waals surface area contributed by atoms with Gasteiger partial charge in [-0.15, -0.1) is 0 Å². The number of hydrogen-bond acceptors (Lipinski definition) is 2. The molecule has 0 amide bonds. The molecular weight excluding hydrogens is 219 g/mol. The molecule has 88 valence electrons. The van der Waals surface area contributed by atoms with Gasteiger partial charge in [0.2, 0.25) is 0 Å². The number of rotatable bonds is 3. The predicted octanol–water partition coefficient (Wildman–Crippen LogP) is 2.78. The average Bonchev–Trinajstić information content (AvgIpc) is 2.76. The third-order valence-electron chi connectivity index (χ3n) is 2.64. The molecule has 0 aliphatic heterocycles. The van der Waals surface area contributed by atoms with E-state index in [9.17, 15) is 9.18 Å². The Hall–Kier alpha value is -1.97. The van der Waals surface area contributed by atoms with Gasteiger partial charge in [-0.05, 0) is 19.1 Å². The van der Waals surface area contributed by atoms with Gasteiger partial charge >= 0.3 is 0 Å². The number of carbonyl (C=O) groups excluding carboxylic acids is 1. The maximum absolute atomic E-state index is 13.9. The fourth-order valence-corrected chi connectivity index (χ4v) is 1.84. The van der Waals surface area contributed by atoms with Crippen molar-refractivity contribution < 1.29 is 9.18 Å². The topological polar surface area (TPSA) is 34.9 Å². The largest absolute Gasteiger partial charge is 0.300 e. The van der Waals surface area contributed by atoms with Gasteiger partial charge in [0.05, 0.1) is 5.69 Å². The van der Waals surface area contributed by atoms with Crippen LogP contribution in [0.1, 0.15) is 30.0 Å². The highest BCUT2D eigenvalue weighted by Gasteiger charge is 2.15. The Labute approximate surface area is 98.9 Å². The maximum Gasteiger partial charge on any atom is 0.162 e. The van der Waals surface area contributed by atoms with Crippen LogP contribution in [0.2, 0.25) is 0 Å². The highest BCUT2D eigenvalue weighted by molar-refractivity contribution is 5.97. The van der Waals surface area contributed by atoms with E-state index in [0.717, 1.165) is 5.82 Å². The lowest BCUT2D eigenvalue weighted by atomic mass is 10.1. The molecule has 1 aromatic carbocycles. The summed E-state index contributed by atoms with van der Waals surface area (Å²) in [5.74, 6) is 0.165. The first-order chi connectivity index (χ1) is 8.15. The first-order valence-electron chi connectivity index (χ1n) is 5.47. The lowest BCUT2D eigenvalue weighted by Crippen LogP contribution is -2.08. The fraction of sp³-hybridized carbons (Fsp3) is 0.231. The summed E-state index contributed by atoms with van der Waals surface area (Å²) in [5.41, 5.74) is 0.659. The summed E-state index contributed by atoms with van der Waals surface area (Å²) >= 11 is 0. The number of aryl methyl sites for hydroxylation is 1. The van der Waals surface area contributed by atoms with E-state index >= 15 is 0 Å². The Morgan fingerprint density at radius 1 is 1.47 bits per heavy atom. The third-order valence-corrected chi connectivity index (χ3v) is 2.64. The van der Waals surface area contributed by atoms with Gasteiger partial charge < -0.3 is 4.57 Å². The highest BCUT2D eigenvalue weighted by Crippen LogP contribution is 2.21. The van der Waals surface area contributed by atoms with Crippen molar-refractivity contribution in [1.29, 1.82) is 0 Å². The molecule has 0 spiro atoms. The minimum Gasteiger partial charge on any atom is -0.300 e. The quantitative estimate of drug-likeness (QED) is 0.763. The summed E-state index contributed by atoms with van der Waals surface area (Å²) in [7, 11) is 0. The molecule has 2 rings (SSSR count). The molecule has 4 heteroatoms. The number of aromatic nitrogens is 2. The van der Waals surface area contributed by atoms with E-state index < -0.39 is 5.82 Å². The lowest BCUT2D eigenvalue weighted by molar-refractivity contribution is 0.101. The maximum atomic E-state index is 13.9. The highest BCUT2D eigenvalue weighted by atomic mass is 19.1. The summed E-state index contributed by atoms with van der Waals surface area (Å²) in [5, 5.41) is 0. The molecule has 0 unspecified atom stereocenters. The van der Waals surface area contributed by atoms with E-state index in [2.05, 4.69) is 4.98 Å².